The van der Waals surface area contributed by atoms with Crippen LogP contribution in [0.1, 0.15) is 45.1 Å². The van der Waals surface area contributed by atoms with Crippen molar-refractivity contribution < 1.29 is 9.84 Å². The summed E-state index contributed by atoms with van der Waals surface area (Å²) in [6, 6.07) is 9.66. The topological polar surface area (TPSA) is 29.5 Å². The van der Waals surface area contributed by atoms with Gasteiger partial charge in [0.25, 0.3) is 0 Å². The zero-order valence-corrected chi connectivity index (χ0v) is 13.4. The number of unbranched alkanes of at least 4 members (excludes halogenated alkanes) is 1. The van der Waals surface area contributed by atoms with Crippen molar-refractivity contribution >= 4 is 10.8 Å². The summed E-state index contributed by atoms with van der Waals surface area (Å²) in [5, 5.41) is 11.8. The maximum atomic E-state index is 9.97. The van der Waals surface area contributed by atoms with Gasteiger partial charge in [-0.05, 0) is 37.5 Å². The van der Waals surface area contributed by atoms with Crippen molar-refractivity contribution in [1.29, 1.82) is 0 Å². The second kappa shape index (κ2) is 7.35. The monoisotopic (exact) mass is 286 g/mol. The van der Waals surface area contributed by atoms with Crippen molar-refractivity contribution in [2.75, 3.05) is 6.61 Å². The van der Waals surface area contributed by atoms with Crippen LogP contribution in [0.25, 0.3) is 10.8 Å². The summed E-state index contributed by atoms with van der Waals surface area (Å²) < 4.78 is 6.07. The first-order chi connectivity index (χ1) is 10.2. The van der Waals surface area contributed by atoms with E-state index in [0.29, 0.717) is 11.7 Å². The van der Waals surface area contributed by atoms with Gasteiger partial charge in [0.1, 0.15) is 11.5 Å². The minimum Gasteiger partial charge on any atom is -0.507 e. The molecule has 2 aromatic carbocycles. The molecule has 0 amide bonds. The lowest BCUT2D eigenvalue weighted by Gasteiger charge is -2.17. The van der Waals surface area contributed by atoms with Gasteiger partial charge in [0, 0.05) is 10.8 Å². The first-order valence-corrected chi connectivity index (χ1v) is 8.00. The van der Waals surface area contributed by atoms with E-state index in [1.165, 1.54) is 24.8 Å². The van der Waals surface area contributed by atoms with Crippen molar-refractivity contribution in [3.8, 4) is 11.5 Å². The van der Waals surface area contributed by atoms with E-state index in [-0.39, 0.29) is 0 Å². The average molecular weight is 286 g/mol. The Morgan fingerprint density at radius 2 is 1.90 bits per heavy atom. The Morgan fingerprint density at radius 1 is 1.10 bits per heavy atom. The van der Waals surface area contributed by atoms with Crippen LogP contribution in [0.15, 0.2) is 30.3 Å². The van der Waals surface area contributed by atoms with Crippen LogP contribution in [0.4, 0.5) is 0 Å². The maximum Gasteiger partial charge on any atom is 0.127 e. The van der Waals surface area contributed by atoms with Gasteiger partial charge in [0.15, 0.2) is 0 Å². The first kappa shape index (κ1) is 15.7. The average Bonchev–Trinajstić information content (AvgIpc) is 2.49. The van der Waals surface area contributed by atoms with Crippen molar-refractivity contribution in [1.82, 2.24) is 0 Å². The van der Waals surface area contributed by atoms with E-state index in [4.69, 9.17) is 4.74 Å². The van der Waals surface area contributed by atoms with Crippen LogP contribution in [-0.2, 0) is 0 Å². The van der Waals surface area contributed by atoms with Crippen molar-refractivity contribution in [2.45, 2.75) is 46.5 Å². The minimum absolute atomic E-state index is 0.315. The SMILES string of the molecule is CCCCC(CC)COc1ccc(O)c2ccc(C)cc12. The summed E-state index contributed by atoms with van der Waals surface area (Å²) in [5.41, 5.74) is 1.18. The molecule has 0 aliphatic carbocycles. The molecule has 0 saturated carbocycles. The molecule has 1 unspecified atom stereocenters. The fourth-order valence-corrected chi connectivity index (χ4v) is 2.65. The van der Waals surface area contributed by atoms with Crippen molar-refractivity contribution in [3.63, 3.8) is 0 Å². The van der Waals surface area contributed by atoms with Crippen LogP contribution in [0.5, 0.6) is 11.5 Å². The van der Waals surface area contributed by atoms with E-state index in [1.54, 1.807) is 6.07 Å². The standard InChI is InChI=1S/C19H26O2/c1-4-6-7-15(5-2)13-21-19-11-10-18(20)16-9-8-14(3)12-17(16)19/h8-12,15,20H,4-7,13H2,1-3H3. The second-order valence-corrected chi connectivity index (χ2v) is 5.86. The highest BCUT2D eigenvalue weighted by molar-refractivity contribution is 5.93. The van der Waals surface area contributed by atoms with Gasteiger partial charge in [0.05, 0.1) is 6.61 Å². The van der Waals surface area contributed by atoms with Crippen LogP contribution in [-0.4, -0.2) is 11.7 Å². The summed E-state index contributed by atoms with van der Waals surface area (Å²) in [7, 11) is 0. The summed E-state index contributed by atoms with van der Waals surface area (Å²) >= 11 is 0. The molecule has 1 atom stereocenters. The van der Waals surface area contributed by atoms with Gasteiger partial charge in [-0.2, -0.15) is 0 Å². The molecule has 2 rings (SSSR count). The Bertz CT molecular complexity index is 589. The van der Waals surface area contributed by atoms with Crippen molar-refractivity contribution in [2.24, 2.45) is 5.92 Å². The van der Waals surface area contributed by atoms with Gasteiger partial charge in [-0.25, -0.2) is 0 Å². The molecule has 0 aliphatic rings. The van der Waals surface area contributed by atoms with Gasteiger partial charge in [-0.3, -0.25) is 0 Å². The highest BCUT2D eigenvalue weighted by Gasteiger charge is 2.10. The molecule has 0 spiro atoms. The number of fused-ring (bicyclic) bond motifs is 1. The third kappa shape index (κ3) is 3.90. The highest BCUT2D eigenvalue weighted by Crippen LogP contribution is 2.33. The van der Waals surface area contributed by atoms with Gasteiger partial charge in [0.2, 0.25) is 0 Å². The number of rotatable bonds is 7. The van der Waals surface area contributed by atoms with Crippen LogP contribution in [0, 0.1) is 12.8 Å². The predicted octanol–water partition coefficient (Wildman–Crippen LogP) is 5.45. The van der Waals surface area contributed by atoms with Crippen molar-refractivity contribution in [3.05, 3.63) is 35.9 Å². The van der Waals surface area contributed by atoms with Crippen LogP contribution >= 0.6 is 0 Å². The molecule has 0 radical (unpaired) electrons. The number of hydrogen-bond donors (Lipinski definition) is 1. The fourth-order valence-electron chi connectivity index (χ4n) is 2.65. The lowest BCUT2D eigenvalue weighted by molar-refractivity contribution is 0.235. The van der Waals surface area contributed by atoms with E-state index in [9.17, 15) is 5.11 Å². The van der Waals surface area contributed by atoms with Gasteiger partial charge in [-0.15, -0.1) is 0 Å². The Kier molecular flexibility index (Phi) is 5.49. The molecule has 0 heterocycles. The molecule has 114 valence electrons. The van der Waals surface area contributed by atoms with E-state index in [0.717, 1.165) is 29.5 Å². The molecule has 1 N–H and O–H groups in total. The zero-order valence-electron chi connectivity index (χ0n) is 13.4. The van der Waals surface area contributed by atoms with Crippen LogP contribution in [0.2, 0.25) is 0 Å². The minimum atomic E-state index is 0.315. The van der Waals surface area contributed by atoms with Gasteiger partial charge in [-0.1, -0.05) is 50.8 Å². The second-order valence-electron chi connectivity index (χ2n) is 5.86. The molecule has 2 aromatic rings. The lowest BCUT2D eigenvalue weighted by atomic mass is 10.0. The summed E-state index contributed by atoms with van der Waals surface area (Å²) in [6.45, 7) is 7.26. The van der Waals surface area contributed by atoms with E-state index < -0.39 is 0 Å². The summed E-state index contributed by atoms with van der Waals surface area (Å²) in [6.07, 6.45) is 4.87. The normalized spacial score (nSPS) is 12.5. The number of aryl methyl sites for hydroxylation is 1. The molecule has 21 heavy (non-hydrogen) atoms. The zero-order chi connectivity index (χ0) is 15.2. The first-order valence-electron chi connectivity index (χ1n) is 8.00. The molecular weight excluding hydrogens is 260 g/mol. The number of benzene rings is 2. The third-order valence-corrected chi connectivity index (χ3v) is 4.13. The molecule has 0 aliphatic heterocycles. The van der Waals surface area contributed by atoms with Crippen LogP contribution in [0.3, 0.4) is 0 Å². The highest BCUT2D eigenvalue weighted by atomic mass is 16.5. The molecule has 2 nitrogen and oxygen atoms in total. The molecule has 0 saturated heterocycles. The quantitative estimate of drug-likeness (QED) is 0.733. The van der Waals surface area contributed by atoms with E-state index >= 15 is 0 Å². The fraction of sp³-hybridized carbons (Fsp3) is 0.474. The number of hydrogen-bond acceptors (Lipinski definition) is 2. The number of aromatic hydroxyl groups is 1. The molecule has 2 heteroatoms. The smallest absolute Gasteiger partial charge is 0.127 e. The summed E-state index contributed by atoms with van der Waals surface area (Å²) in [4.78, 5) is 0. The summed E-state index contributed by atoms with van der Waals surface area (Å²) in [5.74, 6) is 1.80. The largest absolute Gasteiger partial charge is 0.507 e. The third-order valence-electron chi connectivity index (χ3n) is 4.13. The van der Waals surface area contributed by atoms with Gasteiger partial charge >= 0.3 is 0 Å². The molecule has 0 fully saturated rings. The Morgan fingerprint density at radius 3 is 2.62 bits per heavy atom. The van der Waals surface area contributed by atoms with Gasteiger partial charge < -0.3 is 9.84 Å². The van der Waals surface area contributed by atoms with E-state index in [2.05, 4.69) is 26.8 Å². The lowest BCUT2D eigenvalue weighted by Crippen LogP contribution is -2.11. The number of phenolic OH excluding ortho intramolecular Hbond substituents is 1. The molecular formula is C19H26O2. The Balaban J connectivity index is 2.18. The number of ether oxygens (including phenoxy) is 1. The maximum absolute atomic E-state index is 9.97. The molecule has 0 bridgehead atoms. The predicted molar refractivity (Wildman–Crippen MR) is 89.2 cm³/mol. The Hall–Kier alpha value is -1.70. The van der Waals surface area contributed by atoms with Crippen LogP contribution < -0.4 is 4.74 Å². The molecule has 0 aromatic heterocycles. The Labute approximate surface area is 127 Å². The number of phenols is 1. The van der Waals surface area contributed by atoms with E-state index in [1.807, 2.05) is 18.2 Å².